The second kappa shape index (κ2) is 13.3. The van der Waals surface area contributed by atoms with E-state index in [9.17, 15) is 18.0 Å². The molecule has 9 heteroatoms. The van der Waals surface area contributed by atoms with Gasteiger partial charge < -0.3 is 15.0 Å². The van der Waals surface area contributed by atoms with E-state index in [1.54, 1.807) is 38.0 Å². The highest BCUT2D eigenvalue weighted by Gasteiger charge is 2.26. The third-order valence-corrected chi connectivity index (χ3v) is 7.12. The van der Waals surface area contributed by atoms with Crippen LogP contribution >= 0.6 is 0 Å². The van der Waals surface area contributed by atoms with Gasteiger partial charge in [-0.2, -0.15) is 0 Å². The van der Waals surface area contributed by atoms with Crippen molar-refractivity contribution in [3.05, 3.63) is 59.7 Å². The number of rotatable bonds is 13. The van der Waals surface area contributed by atoms with E-state index in [1.165, 1.54) is 12.1 Å². The molecule has 0 aliphatic carbocycles. The molecule has 0 aromatic heterocycles. The van der Waals surface area contributed by atoms with Gasteiger partial charge in [0.15, 0.2) is 0 Å². The summed E-state index contributed by atoms with van der Waals surface area (Å²) < 4.78 is 31.9. The lowest BCUT2D eigenvalue weighted by Gasteiger charge is -2.29. The second-order valence-electron chi connectivity index (χ2n) is 8.83. The Bertz CT molecular complexity index is 1070. The number of nitrogens with one attached hydrogen (secondary N) is 2. The molecule has 2 N–H and O–H groups in total. The monoisotopic (exact) mass is 503 g/mol. The molecule has 0 radical (unpaired) electrons. The van der Waals surface area contributed by atoms with E-state index in [1.807, 2.05) is 38.1 Å². The van der Waals surface area contributed by atoms with Crippen LogP contribution in [0.4, 0.5) is 0 Å². The molecule has 192 valence electrons. The number of nitrogens with zero attached hydrogens (tertiary/aromatic N) is 1. The van der Waals surface area contributed by atoms with E-state index < -0.39 is 16.1 Å². The molecule has 0 saturated heterocycles. The van der Waals surface area contributed by atoms with Crippen molar-refractivity contribution in [3.8, 4) is 5.75 Å². The molecule has 0 spiro atoms. The summed E-state index contributed by atoms with van der Waals surface area (Å²) in [5, 5.41) is 2.91. The predicted octanol–water partition coefficient (Wildman–Crippen LogP) is 3.12. The van der Waals surface area contributed by atoms with Crippen molar-refractivity contribution in [1.82, 2.24) is 14.9 Å². The summed E-state index contributed by atoms with van der Waals surface area (Å²) in [5.74, 6) is 0.668. The highest BCUT2D eigenvalue weighted by molar-refractivity contribution is 7.89. The average molecular weight is 504 g/mol. The molecule has 0 saturated carbocycles. The highest BCUT2D eigenvalue weighted by atomic mass is 32.2. The number of hydrogen-bond acceptors (Lipinski definition) is 5. The van der Waals surface area contributed by atoms with Gasteiger partial charge in [0, 0.05) is 26.1 Å². The normalized spacial score (nSPS) is 12.3. The predicted molar refractivity (Wildman–Crippen MR) is 136 cm³/mol. The van der Waals surface area contributed by atoms with E-state index >= 15 is 0 Å². The zero-order chi connectivity index (χ0) is 26.0. The maximum atomic E-state index is 13.3. The van der Waals surface area contributed by atoms with Crippen LogP contribution in [0.5, 0.6) is 5.75 Å². The topological polar surface area (TPSA) is 105 Å². The summed E-state index contributed by atoms with van der Waals surface area (Å²) in [6.45, 7) is 8.62. The molecule has 35 heavy (non-hydrogen) atoms. The Morgan fingerprint density at radius 1 is 0.971 bits per heavy atom. The van der Waals surface area contributed by atoms with Gasteiger partial charge in [0.1, 0.15) is 11.8 Å². The Hall–Kier alpha value is -2.91. The minimum absolute atomic E-state index is 0.155. The van der Waals surface area contributed by atoms with Gasteiger partial charge in [-0.1, -0.05) is 45.0 Å². The van der Waals surface area contributed by atoms with Crippen molar-refractivity contribution in [3.63, 3.8) is 0 Å². The lowest BCUT2D eigenvalue weighted by atomic mass is 10.1. The Kier molecular flexibility index (Phi) is 10.7. The number of carbonyl (C=O) groups is 2. The standard InChI is InChI=1S/C26H37N3O5S/c1-6-28-35(32,33)24-14-9-21(10-15-24)11-16-25(30)29(20(4)26(31)27-17-19(2)3)18-22-7-12-23(34-5)13-8-22/h7-10,12-15,19-20,28H,6,11,16-18H2,1-5H3,(H,27,31). The summed E-state index contributed by atoms with van der Waals surface area (Å²) in [5.41, 5.74) is 1.73. The third kappa shape index (κ3) is 8.67. The van der Waals surface area contributed by atoms with Crippen molar-refractivity contribution < 1.29 is 22.7 Å². The van der Waals surface area contributed by atoms with Gasteiger partial charge in [0.2, 0.25) is 21.8 Å². The molecule has 1 atom stereocenters. The van der Waals surface area contributed by atoms with Gasteiger partial charge in [-0.25, -0.2) is 13.1 Å². The van der Waals surface area contributed by atoms with Crippen LogP contribution in [0.3, 0.4) is 0 Å². The van der Waals surface area contributed by atoms with Crippen molar-refractivity contribution in [2.75, 3.05) is 20.2 Å². The molecule has 0 fully saturated rings. The van der Waals surface area contributed by atoms with Gasteiger partial charge in [0.25, 0.3) is 0 Å². The number of ether oxygens (including phenoxy) is 1. The number of aryl methyl sites for hydroxylation is 1. The van der Waals surface area contributed by atoms with Crippen molar-refractivity contribution >= 4 is 21.8 Å². The Morgan fingerprint density at radius 2 is 1.57 bits per heavy atom. The minimum atomic E-state index is -3.52. The van der Waals surface area contributed by atoms with Gasteiger partial charge in [-0.15, -0.1) is 0 Å². The third-order valence-electron chi connectivity index (χ3n) is 5.56. The van der Waals surface area contributed by atoms with Gasteiger partial charge in [0.05, 0.1) is 12.0 Å². The summed E-state index contributed by atoms with van der Waals surface area (Å²) >= 11 is 0. The first-order valence-electron chi connectivity index (χ1n) is 11.9. The summed E-state index contributed by atoms with van der Waals surface area (Å²) in [6, 6.07) is 13.3. The minimum Gasteiger partial charge on any atom is -0.497 e. The largest absolute Gasteiger partial charge is 0.497 e. The maximum absolute atomic E-state index is 13.3. The average Bonchev–Trinajstić information content (AvgIpc) is 2.84. The fourth-order valence-electron chi connectivity index (χ4n) is 3.47. The Labute approximate surface area is 209 Å². The van der Waals surface area contributed by atoms with Crippen LogP contribution in [0.25, 0.3) is 0 Å². The van der Waals surface area contributed by atoms with E-state index in [-0.39, 0.29) is 23.1 Å². The molecule has 2 amide bonds. The van der Waals surface area contributed by atoms with Crippen LogP contribution in [-0.2, 0) is 32.6 Å². The number of sulfonamides is 1. The maximum Gasteiger partial charge on any atom is 0.242 e. The van der Waals surface area contributed by atoms with Crippen LogP contribution in [0.15, 0.2) is 53.4 Å². The molecule has 1 unspecified atom stereocenters. The summed E-state index contributed by atoms with van der Waals surface area (Å²) in [7, 11) is -1.93. The Balaban J connectivity index is 2.13. The number of amides is 2. The number of benzene rings is 2. The molecular formula is C26H37N3O5S. The molecule has 2 rings (SSSR count). The SMILES string of the molecule is CCNS(=O)(=O)c1ccc(CCC(=O)N(Cc2ccc(OC)cc2)C(C)C(=O)NCC(C)C)cc1. The molecule has 0 bridgehead atoms. The fourth-order valence-corrected chi connectivity index (χ4v) is 4.51. The van der Waals surface area contributed by atoms with E-state index in [0.29, 0.717) is 37.7 Å². The smallest absolute Gasteiger partial charge is 0.242 e. The van der Waals surface area contributed by atoms with Crippen molar-refractivity contribution in [2.45, 2.75) is 58.0 Å². The first kappa shape index (κ1) is 28.3. The zero-order valence-electron chi connectivity index (χ0n) is 21.2. The molecule has 0 aliphatic heterocycles. The molecule has 2 aromatic carbocycles. The quantitative estimate of drug-likeness (QED) is 0.437. The second-order valence-corrected chi connectivity index (χ2v) is 10.6. The lowest BCUT2D eigenvalue weighted by molar-refractivity contribution is -0.140. The van der Waals surface area contributed by atoms with Crippen molar-refractivity contribution in [1.29, 1.82) is 0 Å². The first-order chi connectivity index (χ1) is 16.6. The Morgan fingerprint density at radius 3 is 2.11 bits per heavy atom. The molecule has 2 aromatic rings. The van der Waals surface area contributed by atoms with Crippen LogP contribution in [0, 0.1) is 5.92 Å². The zero-order valence-corrected chi connectivity index (χ0v) is 22.0. The summed E-state index contributed by atoms with van der Waals surface area (Å²) in [6.07, 6.45) is 0.622. The number of carbonyl (C=O) groups excluding carboxylic acids is 2. The lowest BCUT2D eigenvalue weighted by Crippen LogP contribution is -2.48. The first-order valence-corrected chi connectivity index (χ1v) is 13.3. The molecule has 8 nitrogen and oxygen atoms in total. The van der Waals surface area contributed by atoms with Gasteiger partial charge >= 0.3 is 0 Å². The van der Waals surface area contributed by atoms with Crippen LogP contribution in [-0.4, -0.2) is 51.4 Å². The van der Waals surface area contributed by atoms with Crippen LogP contribution in [0.1, 0.15) is 45.2 Å². The number of hydrogen-bond donors (Lipinski definition) is 2. The fraction of sp³-hybridized carbons (Fsp3) is 0.462. The molecule has 0 aliphatic rings. The van der Waals surface area contributed by atoms with Crippen LogP contribution in [0.2, 0.25) is 0 Å². The number of methoxy groups -OCH3 is 1. The van der Waals surface area contributed by atoms with Crippen LogP contribution < -0.4 is 14.8 Å². The molecular weight excluding hydrogens is 466 g/mol. The van der Waals surface area contributed by atoms with Gasteiger partial charge in [-0.3, -0.25) is 9.59 Å². The summed E-state index contributed by atoms with van der Waals surface area (Å²) in [4.78, 5) is 27.8. The highest BCUT2D eigenvalue weighted by Crippen LogP contribution is 2.17. The van der Waals surface area contributed by atoms with Crippen molar-refractivity contribution in [2.24, 2.45) is 5.92 Å². The van der Waals surface area contributed by atoms with E-state index in [0.717, 1.165) is 11.1 Å². The van der Waals surface area contributed by atoms with Gasteiger partial charge in [-0.05, 0) is 54.7 Å². The van der Waals surface area contributed by atoms with E-state index in [2.05, 4.69) is 10.0 Å². The van der Waals surface area contributed by atoms with E-state index in [4.69, 9.17) is 4.74 Å². The molecule has 0 heterocycles.